The summed E-state index contributed by atoms with van der Waals surface area (Å²) in [6.45, 7) is 2.11. The van der Waals surface area contributed by atoms with Crippen molar-refractivity contribution in [1.82, 2.24) is 4.98 Å². The highest BCUT2D eigenvalue weighted by molar-refractivity contribution is 9.11. The highest BCUT2D eigenvalue weighted by atomic mass is 79.9. The molecule has 1 aromatic heterocycles. The fourth-order valence-electron chi connectivity index (χ4n) is 2.00. The van der Waals surface area contributed by atoms with Crippen LogP contribution < -0.4 is 15.8 Å². The smallest absolute Gasteiger partial charge is 0.235 e. The standard InChI is InChI=1S/C16H14Br2N4O2/c1-2-24-16-11(8-19)13(20)7-14(22-16)21-15(23)6-9-5-10(17)3-4-12(9)18/h3-5,7H,2,6H2,1H3,(H3,20,21,22,23). The Balaban J connectivity index is 2.20. The van der Waals surface area contributed by atoms with Gasteiger partial charge in [0.1, 0.15) is 17.5 Å². The molecule has 8 heteroatoms. The molecule has 1 amide bonds. The molecule has 0 bridgehead atoms. The van der Waals surface area contributed by atoms with Gasteiger partial charge in [-0.2, -0.15) is 10.2 Å². The number of rotatable bonds is 5. The first-order valence-electron chi connectivity index (χ1n) is 7.01. The second kappa shape index (κ2) is 8.13. The summed E-state index contributed by atoms with van der Waals surface area (Å²) in [5.41, 5.74) is 7.02. The Labute approximate surface area is 156 Å². The van der Waals surface area contributed by atoms with Crippen molar-refractivity contribution in [3.8, 4) is 11.9 Å². The fraction of sp³-hybridized carbons (Fsp3) is 0.188. The van der Waals surface area contributed by atoms with Gasteiger partial charge in [-0.1, -0.05) is 31.9 Å². The van der Waals surface area contributed by atoms with Crippen LogP contribution in [0.3, 0.4) is 0 Å². The molecule has 0 aliphatic carbocycles. The lowest BCUT2D eigenvalue weighted by Gasteiger charge is -2.11. The molecule has 24 heavy (non-hydrogen) atoms. The summed E-state index contributed by atoms with van der Waals surface area (Å²) in [5.74, 6) is 0.0952. The van der Waals surface area contributed by atoms with Gasteiger partial charge in [-0.25, -0.2) is 0 Å². The number of nitrogen functional groups attached to an aromatic ring is 1. The third-order valence-corrected chi connectivity index (χ3v) is 4.30. The van der Waals surface area contributed by atoms with Crippen LogP contribution >= 0.6 is 31.9 Å². The lowest BCUT2D eigenvalue weighted by molar-refractivity contribution is -0.115. The molecule has 124 valence electrons. The molecule has 0 atom stereocenters. The summed E-state index contributed by atoms with van der Waals surface area (Å²) >= 11 is 6.79. The lowest BCUT2D eigenvalue weighted by atomic mass is 10.1. The van der Waals surface area contributed by atoms with E-state index in [4.69, 9.17) is 15.7 Å². The molecule has 1 heterocycles. The second-order valence-electron chi connectivity index (χ2n) is 4.78. The zero-order valence-corrected chi connectivity index (χ0v) is 15.9. The molecule has 2 rings (SSSR count). The Hall–Kier alpha value is -2.11. The van der Waals surface area contributed by atoms with Crippen molar-refractivity contribution in [3.63, 3.8) is 0 Å². The average molecular weight is 454 g/mol. The predicted molar refractivity (Wildman–Crippen MR) is 98.7 cm³/mol. The van der Waals surface area contributed by atoms with Crippen molar-refractivity contribution in [1.29, 1.82) is 5.26 Å². The van der Waals surface area contributed by atoms with Gasteiger partial charge in [0.15, 0.2) is 0 Å². The van der Waals surface area contributed by atoms with Crippen LogP contribution in [0.5, 0.6) is 5.88 Å². The van der Waals surface area contributed by atoms with Gasteiger partial charge in [0.2, 0.25) is 11.8 Å². The van der Waals surface area contributed by atoms with Crippen molar-refractivity contribution in [3.05, 3.63) is 44.3 Å². The second-order valence-corrected chi connectivity index (χ2v) is 6.55. The van der Waals surface area contributed by atoms with Crippen molar-refractivity contribution in [2.24, 2.45) is 0 Å². The number of benzene rings is 1. The first kappa shape index (κ1) is 18.2. The highest BCUT2D eigenvalue weighted by Gasteiger charge is 2.14. The number of nitrogens with one attached hydrogen (secondary N) is 1. The molecular weight excluding hydrogens is 440 g/mol. The van der Waals surface area contributed by atoms with Gasteiger partial charge in [0, 0.05) is 15.0 Å². The molecular formula is C16H14Br2N4O2. The van der Waals surface area contributed by atoms with Gasteiger partial charge in [0.05, 0.1) is 18.7 Å². The molecule has 6 nitrogen and oxygen atoms in total. The molecule has 0 aliphatic heterocycles. The zero-order chi connectivity index (χ0) is 17.7. The average Bonchev–Trinajstić information content (AvgIpc) is 2.51. The first-order valence-corrected chi connectivity index (χ1v) is 8.60. The number of ether oxygens (including phenoxy) is 1. The maximum Gasteiger partial charge on any atom is 0.235 e. The van der Waals surface area contributed by atoms with Crippen LogP contribution in [-0.4, -0.2) is 17.5 Å². The molecule has 0 radical (unpaired) electrons. The fourth-order valence-corrected chi connectivity index (χ4v) is 2.79. The van der Waals surface area contributed by atoms with E-state index in [0.717, 1.165) is 14.5 Å². The minimum atomic E-state index is -0.257. The number of anilines is 2. The molecule has 0 saturated carbocycles. The Morgan fingerprint density at radius 2 is 2.17 bits per heavy atom. The molecule has 0 fully saturated rings. The number of aromatic nitrogens is 1. The maximum absolute atomic E-state index is 12.2. The van der Waals surface area contributed by atoms with Gasteiger partial charge in [-0.15, -0.1) is 0 Å². The number of nitriles is 1. The first-order chi connectivity index (χ1) is 11.4. The van der Waals surface area contributed by atoms with Gasteiger partial charge in [-0.3, -0.25) is 4.79 Å². The third kappa shape index (κ3) is 4.46. The number of nitrogens with zero attached hydrogens (tertiary/aromatic N) is 2. The topological polar surface area (TPSA) is 101 Å². The Bertz CT molecular complexity index is 818. The number of nitrogens with two attached hydrogens (primary N) is 1. The van der Waals surface area contributed by atoms with Crippen molar-refractivity contribution in [2.75, 3.05) is 17.7 Å². The quantitative estimate of drug-likeness (QED) is 0.719. The number of halogens is 2. The van der Waals surface area contributed by atoms with Crippen molar-refractivity contribution in [2.45, 2.75) is 13.3 Å². The number of carbonyl (C=O) groups excluding carboxylic acids is 1. The SMILES string of the molecule is CCOc1nc(NC(=O)Cc2cc(Br)ccc2Br)cc(N)c1C#N. The summed E-state index contributed by atoms with van der Waals surface area (Å²) in [4.78, 5) is 16.4. The Kier molecular flexibility index (Phi) is 6.17. The third-order valence-electron chi connectivity index (χ3n) is 3.04. The van der Waals surface area contributed by atoms with Crippen LogP contribution in [-0.2, 0) is 11.2 Å². The number of carbonyl (C=O) groups is 1. The Morgan fingerprint density at radius 1 is 1.42 bits per heavy atom. The summed E-state index contributed by atoms with van der Waals surface area (Å²) in [5, 5.41) is 11.8. The van der Waals surface area contributed by atoms with E-state index in [1.54, 1.807) is 6.92 Å². The van der Waals surface area contributed by atoms with Crippen LogP contribution in [0.15, 0.2) is 33.2 Å². The van der Waals surface area contributed by atoms with Gasteiger partial charge in [0.25, 0.3) is 0 Å². The van der Waals surface area contributed by atoms with E-state index in [-0.39, 0.29) is 35.3 Å². The number of hydrogen-bond acceptors (Lipinski definition) is 5. The van der Waals surface area contributed by atoms with Gasteiger partial charge < -0.3 is 15.8 Å². The molecule has 0 saturated heterocycles. The molecule has 2 aromatic rings. The van der Waals surface area contributed by atoms with Gasteiger partial charge in [-0.05, 0) is 30.7 Å². The summed E-state index contributed by atoms with van der Waals surface area (Å²) in [6, 6.07) is 8.98. The van der Waals surface area contributed by atoms with E-state index in [0.29, 0.717) is 6.61 Å². The maximum atomic E-state index is 12.2. The minimum absolute atomic E-state index is 0.110. The van der Waals surface area contributed by atoms with E-state index < -0.39 is 0 Å². The lowest BCUT2D eigenvalue weighted by Crippen LogP contribution is -2.16. The monoisotopic (exact) mass is 452 g/mol. The normalized spacial score (nSPS) is 10.1. The zero-order valence-electron chi connectivity index (χ0n) is 12.8. The number of pyridine rings is 1. The summed E-state index contributed by atoms with van der Waals surface area (Å²) < 4.78 is 7.02. The van der Waals surface area contributed by atoms with Crippen molar-refractivity contribution >= 4 is 49.3 Å². The highest BCUT2D eigenvalue weighted by Crippen LogP contribution is 2.26. The van der Waals surface area contributed by atoms with E-state index in [9.17, 15) is 4.79 Å². The van der Waals surface area contributed by atoms with Crippen LogP contribution in [0, 0.1) is 11.3 Å². The van der Waals surface area contributed by atoms with Crippen LogP contribution in [0.2, 0.25) is 0 Å². The van der Waals surface area contributed by atoms with E-state index >= 15 is 0 Å². The van der Waals surface area contributed by atoms with Gasteiger partial charge >= 0.3 is 0 Å². The van der Waals surface area contributed by atoms with Crippen LogP contribution in [0.4, 0.5) is 11.5 Å². The molecule has 0 spiro atoms. The molecule has 1 aromatic carbocycles. The summed E-state index contributed by atoms with van der Waals surface area (Å²) in [7, 11) is 0. The number of hydrogen-bond donors (Lipinski definition) is 2. The van der Waals surface area contributed by atoms with Crippen LogP contribution in [0.25, 0.3) is 0 Å². The minimum Gasteiger partial charge on any atom is -0.477 e. The van der Waals surface area contributed by atoms with E-state index in [1.807, 2.05) is 24.3 Å². The number of amides is 1. The van der Waals surface area contributed by atoms with Crippen LogP contribution in [0.1, 0.15) is 18.1 Å². The molecule has 0 aliphatic rings. The molecule has 3 N–H and O–H groups in total. The predicted octanol–water partition coefficient (Wildman–Crippen LogP) is 3.64. The largest absolute Gasteiger partial charge is 0.477 e. The summed E-state index contributed by atoms with van der Waals surface area (Å²) in [6.07, 6.45) is 0.158. The van der Waals surface area contributed by atoms with E-state index in [2.05, 4.69) is 42.2 Å². The molecule has 0 unspecified atom stereocenters. The van der Waals surface area contributed by atoms with Crippen molar-refractivity contribution < 1.29 is 9.53 Å². The Morgan fingerprint density at radius 3 is 2.83 bits per heavy atom. The van der Waals surface area contributed by atoms with E-state index in [1.165, 1.54) is 6.07 Å².